The van der Waals surface area contributed by atoms with E-state index in [0.717, 1.165) is 13.1 Å². The van der Waals surface area contributed by atoms with Gasteiger partial charge in [0.05, 0.1) is 9.16 Å². The Bertz CT molecular complexity index is 376. The van der Waals surface area contributed by atoms with E-state index in [1.165, 1.54) is 0 Å². The van der Waals surface area contributed by atoms with E-state index in [4.69, 9.17) is 5.11 Å². The number of halogens is 2. The van der Waals surface area contributed by atoms with E-state index in [9.17, 15) is 4.79 Å². The standard InChI is InChI=1S/C8H7Br2NO2S2/c9-3-1-5(15-6(3)10)7-11-4(2-14-7)8(12)13/h1,4,7,11H,2H2,(H,12,13). The first-order chi connectivity index (χ1) is 7.08. The van der Waals surface area contributed by atoms with Crippen LogP contribution in [0.4, 0.5) is 0 Å². The average Bonchev–Trinajstić information content (AvgIpc) is 2.74. The zero-order valence-corrected chi connectivity index (χ0v) is 12.2. The lowest BCUT2D eigenvalue weighted by Crippen LogP contribution is -2.33. The molecule has 0 aromatic carbocycles. The van der Waals surface area contributed by atoms with E-state index in [0.29, 0.717) is 5.75 Å². The highest BCUT2D eigenvalue weighted by molar-refractivity contribution is 9.13. The van der Waals surface area contributed by atoms with Gasteiger partial charge in [-0.2, -0.15) is 0 Å². The van der Waals surface area contributed by atoms with Crippen molar-refractivity contribution >= 4 is 60.9 Å². The monoisotopic (exact) mass is 371 g/mol. The van der Waals surface area contributed by atoms with E-state index < -0.39 is 12.0 Å². The Morgan fingerprint density at radius 1 is 1.60 bits per heavy atom. The molecule has 3 nitrogen and oxygen atoms in total. The van der Waals surface area contributed by atoms with Gasteiger partial charge in [-0.1, -0.05) is 0 Å². The summed E-state index contributed by atoms with van der Waals surface area (Å²) in [5, 5.41) is 12.0. The van der Waals surface area contributed by atoms with Gasteiger partial charge in [-0.3, -0.25) is 10.1 Å². The Labute approximate surface area is 112 Å². The van der Waals surface area contributed by atoms with Crippen LogP contribution in [0.15, 0.2) is 14.3 Å². The summed E-state index contributed by atoms with van der Waals surface area (Å²) >= 11 is 10.1. The molecule has 82 valence electrons. The first-order valence-electron chi connectivity index (χ1n) is 4.13. The molecule has 2 unspecified atom stereocenters. The number of carboxylic acid groups (broad SMARTS) is 1. The lowest BCUT2D eigenvalue weighted by Gasteiger charge is -2.07. The number of hydrogen-bond donors (Lipinski definition) is 2. The SMILES string of the molecule is O=C(O)C1CSC(c2cc(Br)c(Br)s2)N1. The summed E-state index contributed by atoms with van der Waals surface area (Å²) in [5.41, 5.74) is 0. The van der Waals surface area contributed by atoms with Crippen LogP contribution in [-0.2, 0) is 4.79 Å². The highest BCUT2D eigenvalue weighted by atomic mass is 79.9. The van der Waals surface area contributed by atoms with Gasteiger partial charge < -0.3 is 5.11 Å². The van der Waals surface area contributed by atoms with Gasteiger partial charge in [0.15, 0.2) is 0 Å². The van der Waals surface area contributed by atoms with Crippen LogP contribution >= 0.6 is 55.0 Å². The molecule has 0 bridgehead atoms. The lowest BCUT2D eigenvalue weighted by molar-refractivity contribution is -0.138. The van der Waals surface area contributed by atoms with Crippen molar-refractivity contribution in [3.05, 3.63) is 19.2 Å². The minimum absolute atomic E-state index is 0.0960. The van der Waals surface area contributed by atoms with Crippen LogP contribution in [0.5, 0.6) is 0 Å². The first-order valence-corrected chi connectivity index (χ1v) is 7.58. The third-order valence-electron chi connectivity index (χ3n) is 2.00. The highest BCUT2D eigenvalue weighted by Gasteiger charge is 2.31. The van der Waals surface area contributed by atoms with Crippen molar-refractivity contribution in [2.45, 2.75) is 11.4 Å². The molecule has 2 N–H and O–H groups in total. The number of thiophene rings is 1. The zero-order valence-electron chi connectivity index (χ0n) is 7.37. The highest BCUT2D eigenvalue weighted by Crippen LogP contribution is 2.41. The van der Waals surface area contributed by atoms with Crippen LogP contribution in [0.1, 0.15) is 10.3 Å². The Kier molecular flexibility index (Phi) is 3.77. The molecule has 2 heterocycles. The van der Waals surface area contributed by atoms with E-state index in [-0.39, 0.29) is 5.37 Å². The van der Waals surface area contributed by atoms with Crippen LogP contribution in [0.3, 0.4) is 0 Å². The van der Waals surface area contributed by atoms with E-state index in [1.54, 1.807) is 23.1 Å². The van der Waals surface area contributed by atoms with Crippen molar-refractivity contribution < 1.29 is 9.90 Å². The van der Waals surface area contributed by atoms with Gasteiger partial charge in [-0.25, -0.2) is 0 Å². The van der Waals surface area contributed by atoms with Crippen molar-refractivity contribution in [1.82, 2.24) is 5.32 Å². The molecule has 1 aliphatic rings. The van der Waals surface area contributed by atoms with Crippen LogP contribution in [-0.4, -0.2) is 22.9 Å². The van der Waals surface area contributed by atoms with Crippen molar-refractivity contribution in [1.29, 1.82) is 0 Å². The molecule has 0 saturated carbocycles. The Hall–Kier alpha value is 0.440. The van der Waals surface area contributed by atoms with Crippen LogP contribution in [0.2, 0.25) is 0 Å². The fraction of sp³-hybridized carbons (Fsp3) is 0.375. The summed E-state index contributed by atoms with van der Waals surface area (Å²) < 4.78 is 2.06. The number of nitrogens with one attached hydrogen (secondary N) is 1. The van der Waals surface area contributed by atoms with Gasteiger partial charge >= 0.3 is 5.97 Å². The van der Waals surface area contributed by atoms with E-state index >= 15 is 0 Å². The Morgan fingerprint density at radius 2 is 2.33 bits per heavy atom. The molecule has 1 aromatic rings. The summed E-state index contributed by atoms with van der Waals surface area (Å²) in [4.78, 5) is 11.9. The summed E-state index contributed by atoms with van der Waals surface area (Å²) in [7, 11) is 0. The van der Waals surface area contributed by atoms with Crippen LogP contribution < -0.4 is 5.32 Å². The normalized spacial score (nSPS) is 25.7. The molecule has 2 rings (SSSR count). The number of carbonyl (C=O) groups is 1. The summed E-state index contributed by atoms with van der Waals surface area (Å²) in [6.45, 7) is 0. The molecule has 1 aromatic heterocycles. The number of carboxylic acids is 1. The van der Waals surface area contributed by atoms with Gasteiger partial charge in [0, 0.05) is 15.1 Å². The molecule has 7 heteroatoms. The van der Waals surface area contributed by atoms with Crippen molar-refractivity contribution in [3.8, 4) is 0 Å². The second-order valence-electron chi connectivity index (χ2n) is 3.04. The van der Waals surface area contributed by atoms with Crippen molar-refractivity contribution in [3.63, 3.8) is 0 Å². The van der Waals surface area contributed by atoms with Gasteiger partial charge in [0.1, 0.15) is 6.04 Å². The number of hydrogen-bond acceptors (Lipinski definition) is 4. The predicted octanol–water partition coefficient (Wildman–Crippen LogP) is 3.06. The largest absolute Gasteiger partial charge is 0.480 e. The molecule has 0 spiro atoms. The summed E-state index contributed by atoms with van der Waals surface area (Å²) in [6.07, 6.45) is 0. The van der Waals surface area contributed by atoms with Gasteiger partial charge in [0.2, 0.25) is 0 Å². The predicted molar refractivity (Wildman–Crippen MR) is 69.5 cm³/mol. The Balaban J connectivity index is 2.11. The maximum atomic E-state index is 10.8. The second kappa shape index (κ2) is 4.75. The van der Waals surface area contributed by atoms with Crippen LogP contribution in [0, 0.1) is 0 Å². The molecule has 0 amide bonds. The number of thioether (sulfide) groups is 1. The number of aliphatic carboxylic acids is 1. The third kappa shape index (κ3) is 2.58. The van der Waals surface area contributed by atoms with Crippen LogP contribution in [0.25, 0.3) is 0 Å². The lowest BCUT2D eigenvalue weighted by atomic mass is 10.3. The van der Waals surface area contributed by atoms with E-state index in [2.05, 4.69) is 37.2 Å². The van der Waals surface area contributed by atoms with E-state index in [1.807, 2.05) is 6.07 Å². The Morgan fingerprint density at radius 3 is 2.80 bits per heavy atom. The minimum Gasteiger partial charge on any atom is -0.480 e. The zero-order chi connectivity index (χ0) is 11.0. The fourth-order valence-corrected chi connectivity index (χ4v) is 4.77. The van der Waals surface area contributed by atoms with Crippen molar-refractivity contribution in [2.75, 3.05) is 5.75 Å². The maximum Gasteiger partial charge on any atom is 0.321 e. The quantitative estimate of drug-likeness (QED) is 0.837. The maximum absolute atomic E-state index is 10.8. The van der Waals surface area contributed by atoms with Gasteiger partial charge in [-0.05, 0) is 37.9 Å². The third-order valence-corrected chi connectivity index (χ3v) is 6.72. The minimum atomic E-state index is -0.778. The fourth-order valence-electron chi connectivity index (χ4n) is 1.27. The first kappa shape index (κ1) is 11.9. The molecule has 1 saturated heterocycles. The molecule has 0 aliphatic carbocycles. The summed E-state index contributed by atoms with van der Waals surface area (Å²) in [5.74, 6) is -0.160. The van der Waals surface area contributed by atoms with Crippen molar-refractivity contribution in [2.24, 2.45) is 0 Å². The summed E-state index contributed by atoms with van der Waals surface area (Å²) in [6, 6.07) is 1.59. The molecular weight excluding hydrogens is 366 g/mol. The molecule has 2 atom stereocenters. The van der Waals surface area contributed by atoms with Gasteiger partial charge in [-0.15, -0.1) is 23.1 Å². The second-order valence-corrected chi connectivity index (χ2v) is 7.44. The average molecular weight is 373 g/mol. The number of rotatable bonds is 2. The van der Waals surface area contributed by atoms with Gasteiger partial charge in [0.25, 0.3) is 0 Å². The molecule has 15 heavy (non-hydrogen) atoms. The molecule has 1 aliphatic heterocycles. The molecule has 0 radical (unpaired) electrons. The molecular formula is C8H7Br2NO2S2. The smallest absolute Gasteiger partial charge is 0.321 e. The topological polar surface area (TPSA) is 49.3 Å². The molecule has 1 fully saturated rings.